The van der Waals surface area contributed by atoms with Gasteiger partial charge in [0.15, 0.2) is 0 Å². The number of nitrogens with zero attached hydrogens (tertiary/aromatic N) is 2. The second-order valence-electron chi connectivity index (χ2n) is 2.99. The van der Waals surface area contributed by atoms with E-state index in [-0.39, 0.29) is 12.1 Å². The van der Waals surface area contributed by atoms with Crippen LogP contribution in [-0.2, 0) is 11.3 Å². The molecule has 0 amide bonds. The Balaban J connectivity index is 2.76. The molecule has 4 heteroatoms. The van der Waals surface area contributed by atoms with Crippen molar-refractivity contribution in [3.05, 3.63) is 18.0 Å². The minimum Gasteiger partial charge on any atom is -0.458 e. The fraction of sp³-hybridized carbons (Fsp3) is 0.556. The minimum absolute atomic E-state index is 0.0901. The van der Waals surface area contributed by atoms with Crippen LogP contribution in [0, 0.1) is 0 Å². The van der Waals surface area contributed by atoms with Gasteiger partial charge in [-0.05, 0) is 26.8 Å². The highest BCUT2D eigenvalue weighted by atomic mass is 16.5. The number of carbonyl (C=O) groups is 1. The molecular formula is C9H14N2O2. The van der Waals surface area contributed by atoms with Gasteiger partial charge in [0.25, 0.3) is 0 Å². The van der Waals surface area contributed by atoms with Gasteiger partial charge in [-0.25, -0.2) is 4.79 Å². The SMILES string of the molecule is CCn1nccc1C(=O)OC(C)C. The third-order valence-electron chi connectivity index (χ3n) is 1.57. The maximum Gasteiger partial charge on any atom is 0.356 e. The maximum absolute atomic E-state index is 11.4. The van der Waals surface area contributed by atoms with Crippen molar-refractivity contribution in [1.29, 1.82) is 0 Å². The van der Waals surface area contributed by atoms with Crippen molar-refractivity contribution >= 4 is 5.97 Å². The molecule has 4 nitrogen and oxygen atoms in total. The summed E-state index contributed by atoms with van der Waals surface area (Å²) in [6.07, 6.45) is 1.51. The fourth-order valence-corrected chi connectivity index (χ4v) is 1.03. The number of carbonyl (C=O) groups excluding carboxylic acids is 1. The molecule has 1 aromatic heterocycles. The minimum atomic E-state index is -0.311. The van der Waals surface area contributed by atoms with Crippen LogP contribution in [0.1, 0.15) is 31.3 Å². The van der Waals surface area contributed by atoms with E-state index in [1.54, 1.807) is 16.9 Å². The lowest BCUT2D eigenvalue weighted by molar-refractivity contribution is 0.0363. The number of aromatic nitrogens is 2. The van der Waals surface area contributed by atoms with E-state index in [1.807, 2.05) is 20.8 Å². The van der Waals surface area contributed by atoms with E-state index in [2.05, 4.69) is 5.10 Å². The van der Waals surface area contributed by atoms with Crippen molar-refractivity contribution < 1.29 is 9.53 Å². The van der Waals surface area contributed by atoms with E-state index in [4.69, 9.17) is 4.74 Å². The average molecular weight is 182 g/mol. The second-order valence-corrected chi connectivity index (χ2v) is 2.99. The highest BCUT2D eigenvalue weighted by Gasteiger charge is 2.13. The van der Waals surface area contributed by atoms with E-state index in [9.17, 15) is 4.79 Å². The number of esters is 1. The van der Waals surface area contributed by atoms with Crippen LogP contribution in [0.2, 0.25) is 0 Å². The first kappa shape index (κ1) is 9.77. The molecule has 0 spiro atoms. The Morgan fingerprint density at radius 1 is 1.69 bits per heavy atom. The van der Waals surface area contributed by atoms with Crippen molar-refractivity contribution in [1.82, 2.24) is 9.78 Å². The van der Waals surface area contributed by atoms with Gasteiger partial charge in [-0.3, -0.25) is 4.68 Å². The molecule has 0 bridgehead atoms. The molecule has 0 aromatic carbocycles. The Kier molecular flexibility index (Phi) is 3.06. The third-order valence-corrected chi connectivity index (χ3v) is 1.57. The predicted octanol–water partition coefficient (Wildman–Crippen LogP) is 1.47. The van der Waals surface area contributed by atoms with Crippen LogP contribution >= 0.6 is 0 Å². The van der Waals surface area contributed by atoms with Gasteiger partial charge in [-0.2, -0.15) is 5.10 Å². The second kappa shape index (κ2) is 4.07. The normalized spacial score (nSPS) is 10.5. The number of hydrogen-bond acceptors (Lipinski definition) is 3. The Bertz CT molecular complexity index is 292. The van der Waals surface area contributed by atoms with E-state index in [1.165, 1.54) is 0 Å². The van der Waals surface area contributed by atoms with Crippen LogP contribution in [-0.4, -0.2) is 21.9 Å². The summed E-state index contributed by atoms with van der Waals surface area (Å²) in [5.41, 5.74) is 0.510. The molecule has 1 aromatic rings. The van der Waals surface area contributed by atoms with Crippen LogP contribution in [0.5, 0.6) is 0 Å². The zero-order valence-electron chi connectivity index (χ0n) is 8.15. The summed E-state index contributed by atoms with van der Waals surface area (Å²) >= 11 is 0. The van der Waals surface area contributed by atoms with Gasteiger partial charge in [-0.15, -0.1) is 0 Å². The van der Waals surface area contributed by atoms with Gasteiger partial charge in [0.1, 0.15) is 5.69 Å². The smallest absolute Gasteiger partial charge is 0.356 e. The molecule has 0 unspecified atom stereocenters. The van der Waals surface area contributed by atoms with E-state index in [0.717, 1.165) is 0 Å². The standard InChI is InChI=1S/C9H14N2O2/c1-4-11-8(5-6-10-11)9(12)13-7(2)3/h5-7H,4H2,1-3H3. The van der Waals surface area contributed by atoms with Crippen molar-refractivity contribution in [3.63, 3.8) is 0 Å². The van der Waals surface area contributed by atoms with Crippen LogP contribution in [0.15, 0.2) is 12.3 Å². The maximum atomic E-state index is 11.4. The Hall–Kier alpha value is -1.32. The van der Waals surface area contributed by atoms with Crippen molar-refractivity contribution in [2.24, 2.45) is 0 Å². The molecule has 0 fully saturated rings. The molecule has 0 atom stereocenters. The first-order valence-corrected chi connectivity index (χ1v) is 4.38. The molecule has 1 rings (SSSR count). The topological polar surface area (TPSA) is 44.1 Å². The van der Waals surface area contributed by atoms with Gasteiger partial charge >= 0.3 is 5.97 Å². The lowest BCUT2D eigenvalue weighted by Gasteiger charge is -2.08. The molecule has 0 radical (unpaired) electrons. The Morgan fingerprint density at radius 3 is 2.92 bits per heavy atom. The lowest BCUT2D eigenvalue weighted by atomic mass is 10.4. The summed E-state index contributed by atoms with van der Waals surface area (Å²) in [5, 5.41) is 3.98. The molecule has 0 aliphatic carbocycles. The van der Waals surface area contributed by atoms with Crippen molar-refractivity contribution in [3.8, 4) is 0 Å². The largest absolute Gasteiger partial charge is 0.458 e. The van der Waals surface area contributed by atoms with Crippen LogP contribution < -0.4 is 0 Å². The van der Waals surface area contributed by atoms with Gasteiger partial charge < -0.3 is 4.74 Å². The average Bonchev–Trinajstić information content (AvgIpc) is 2.49. The molecule has 0 aliphatic heterocycles. The first-order chi connectivity index (χ1) is 6.15. The molecule has 13 heavy (non-hydrogen) atoms. The Morgan fingerprint density at radius 2 is 2.38 bits per heavy atom. The highest BCUT2D eigenvalue weighted by molar-refractivity contribution is 5.87. The number of rotatable bonds is 3. The highest BCUT2D eigenvalue weighted by Crippen LogP contribution is 2.03. The van der Waals surface area contributed by atoms with Crippen molar-refractivity contribution in [2.75, 3.05) is 0 Å². The quantitative estimate of drug-likeness (QED) is 0.665. The van der Waals surface area contributed by atoms with Gasteiger partial charge in [0.05, 0.1) is 6.10 Å². The lowest BCUT2D eigenvalue weighted by Crippen LogP contribution is -2.16. The van der Waals surface area contributed by atoms with Crippen LogP contribution in [0.4, 0.5) is 0 Å². The number of aryl methyl sites for hydroxylation is 1. The summed E-state index contributed by atoms with van der Waals surface area (Å²) in [6.45, 7) is 6.25. The van der Waals surface area contributed by atoms with Crippen LogP contribution in [0.3, 0.4) is 0 Å². The summed E-state index contributed by atoms with van der Waals surface area (Å²) in [6, 6.07) is 1.66. The predicted molar refractivity (Wildman–Crippen MR) is 48.5 cm³/mol. The van der Waals surface area contributed by atoms with Gasteiger partial charge in [0.2, 0.25) is 0 Å². The summed E-state index contributed by atoms with van der Waals surface area (Å²) < 4.78 is 6.65. The molecule has 0 N–H and O–H groups in total. The van der Waals surface area contributed by atoms with E-state index < -0.39 is 0 Å². The number of ether oxygens (including phenoxy) is 1. The molecule has 0 saturated carbocycles. The number of hydrogen-bond donors (Lipinski definition) is 0. The molecule has 0 saturated heterocycles. The first-order valence-electron chi connectivity index (χ1n) is 4.38. The molecule has 72 valence electrons. The van der Waals surface area contributed by atoms with Crippen LogP contribution in [0.25, 0.3) is 0 Å². The van der Waals surface area contributed by atoms with E-state index >= 15 is 0 Å². The summed E-state index contributed by atoms with van der Waals surface area (Å²) in [4.78, 5) is 11.4. The molecule has 0 aliphatic rings. The fourth-order valence-electron chi connectivity index (χ4n) is 1.03. The van der Waals surface area contributed by atoms with E-state index in [0.29, 0.717) is 12.2 Å². The monoisotopic (exact) mass is 182 g/mol. The van der Waals surface area contributed by atoms with Gasteiger partial charge in [0, 0.05) is 12.7 Å². The third kappa shape index (κ3) is 2.31. The zero-order valence-corrected chi connectivity index (χ0v) is 8.15. The molecule has 1 heterocycles. The summed E-state index contributed by atoms with van der Waals surface area (Å²) in [7, 11) is 0. The Labute approximate surface area is 77.5 Å². The molecular weight excluding hydrogens is 168 g/mol. The van der Waals surface area contributed by atoms with Gasteiger partial charge in [-0.1, -0.05) is 0 Å². The van der Waals surface area contributed by atoms with Crippen molar-refractivity contribution in [2.45, 2.75) is 33.4 Å². The zero-order chi connectivity index (χ0) is 9.84. The summed E-state index contributed by atoms with van der Waals surface area (Å²) in [5.74, 6) is -0.311.